The van der Waals surface area contributed by atoms with Crippen molar-refractivity contribution in [3.63, 3.8) is 0 Å². The molecule has 0 fully saturated rings. The predicted molar refractivity (Wildman–Crippen MR) is 416 cm³/mol. The molecule has 0 spiro atoms. The molecule has 43 nitrogen and oxygen atoms in total. The van der Waals surface area contributed by atoms with Crippen LogP contribution in [0.4, 0.5) is 65.8 Å². The molecule has 0 radical (unpaired) electrons. The van der Waals surface area contributed by atoms with Crippen molar-refractivity contribution in [2.24, 2.45) is 46.1 Å². The summed E-state index contributed by atoms with van der Waals surface area (Å²) in [6.07, 6.45) is 6.54. The number of H-pyrrole nitrogens is 1. The van der Waals surface area contributed by atoms with Crippen LogP contribution in [0, 0.1) is 47.8 Å². The number of sulfonamides is 2. The molecule has 15 aromatic rings. The van der Waals surface area contributed by atoms with Crippen LogP contribution < -0.4 is 9.44 Å². The number of nitrogens with zero attached hydrogens (tertiary/aromatic N) is 30. The molecule has 4 N–H and O–H groups in total. The Kier molecular flexibility index (Phi) is 22.9. The first-order valence-electron chi connectivity index (χ1n) is 33.9. The largest absolute Gasteiger partial charge is 0.505 e. The smallest absolute Gasteiger partial charge is 0.367 e. The van der Waals surface area contributed by atoms with Gasteiger partial charge in [-0.2, -0.15) is 50.4 Å². The van der Waals surface area contributed by atoms with E-state index in [1.807, 2.05) is 32.9 Å². The third-order valence-corrected chi connectivity index (χ3v) is 19.1. The van der Waals surface area contributed by atoms with E-state index in [-0.39, 0.29) is 51.8 Å². The maximum Gasteiger partial charge on any atom is 0.367 e. The number of amides is 1. The van der Waals surface area contributed by atoms with Crippen molar-refractivity contribution in [3.8, 4) is 17.9 Å². The van der Waals surface area contributed by atoms with Crippen LogP contribution in [0.2, 0.25) is 0 Å². The van der Waals surface area contributed by atoms with E-state index >= 15 is 0 Å². The van der Waals surface area contributed by atoms with Gasteiger partial charge in [0.15, 0.2) is 50.3 Å². The van der Waals surface area contributed by atoms with Crippen LogP contribution in [0.1, 0.15) is 77.2 Å². The second kappa shape index (κ2) is 33.6. The van der Waals surface area contributed by atoms with E-state index in [0.717, 1.165) is 35.0 Å². The van der Waals surface area contributed by atoms with Gasteiger partial charge in [0.25, 0.3) is 17.5 Å². The summed E-state index contributed by atoms with van der Waals surface area (Å²) in [5.41, 5.74) is 8.31. The molecule has 16 rings (SSSR count). The zero-order valence-electron chi connectivity index (χ0n) is 61.5. The minimum atomic E-state index is -3.63. The highest BCUT2D eigenvalue weighted by atomic mass is 32.2. The number of fused-ring (bicyclic) bond motifs is 12. The second-order valence-electron chi connectivity index (χ2n) is 24.6. The van der Waals surface area contributed by atoms with Gasteiger partial charge in [-0.15, -0.1) is 61.2 Å². The quantitative estimate of drug-likeness (QED) is 0.0268. The first kappa shape index (κ1) is 79.8. The molecule has 1 atom stereocenters. The Morgan fingerprint density at radius 1 is 0.726 bits per heavy atom. The summed E-state index contributed by atoms with van der Waals surface area (Å²) in [7, 11) is -7.04. The Morgan fingerprint density at radius 2 is 1.31 bits per heavy atom. The molecule has 1 amide bonds. The monoisotopic (exact) mass is 1660 g/mol. The fourth-order valence-corrected chi connectivity index (χ4v) is 13.5. The third-order valence-electron chi connectivity index (χ3n) is 16.1. The number of oxime groups is 1. The van der Waals surface area contributed by atoms with Crippen molar-refractivity contribution in [2.75, 3.05) is 35.0 Å². The van der Waals surface area contributed by atoms with Gasteiger partial charge in [0.1, 0.15) is 62.2 Å². The normalized spacial score (nSPS) is 13.0. The Hall–Kier alpha value is -15.3. The summed E-state index contributed by atoms with van der Waals surface area (Å²) in [5.74, 6) is -3.70. The molecule has 0 aliphatic carbocycles. The van der Waals surface area contributed by atoms with Crippen LogP contribution >= 0.6 is 22.9 Å². The number of phenolic OH excluding ortho intramolecular Hbond substituents is 1. The highest BCUT2D eigenvalue weighted by Gasteiger charge is 2.32. The summed E-state index contributed by atoms with van der Waals surface area (Å²) in [4.78, 5) is 62.4. The Bertz CT molecular complexity index is 7070. The first-order valence-corrected chi connectivity index (χ1v) is 39.3. The summed E-state index contributed by atoms with van der Waals surface area (Å²) >= 11 is 2.18. The van der Waals surface area contributed by atoms with Crippen LogP contribution in [-0.2, 0) is 34.4 Å². The van der Waals surface area contributed by atoms with Gasteiger partial charge in [-0.25, -0.2) is 49.2 Å². The van der Waals surface area contributed by atoms with E-state index in [2.05, 4.69) is 140 Å². The van der Waals surface area contributed by atoms with Gasteiger partial charge in [0.2, 0.25) is 26.1 Å². The topological polar surface area (TPSA) is 558 Å². The lowest BCUT2D eigenvalue weighted by atomic mass is 10.1. The van der Waals surface area contributed by atoms with Gasteiger partial charge in [0, 0.05) is 30.6 Å². The number of hydrogen-bond acceptors (Lipinski definition) is 37. The molecular weight excluding hydrogens is 1610 g/mol. The maximum atomic E-state index is 13.7. The summed E-state index contributed by atoms with van der Waals surface area (Å²) in [6.45, 7) is 19.2. The van der Waals surface area contributed by atoms with E-state index in [4.69, 9.17) is 26.9 Å². The van der Waals surface area contributed by atoms with Crippen molar-refractivity contribution in [1.29, 1.82) is 10.5 Å². The molecule has 1 aliphatic rings. The standard InChI is InChI=1S/C19H19N11O3S.C18H16N6O4S.C16H7F2N7O.C15H11N9O2S2/c1-5-29(6-2)17(31)14-10-21-19-27-25-12-8-7-11(9-13(12)30(14)19)24-26-18-22-15(20-3)16(23-18)28-34(4,32)33;1-4-11-14(17(25)28-23-11)21-19-9-5-6-12-10(7-9)13-15(22-20-12)16(29-24-13)18(26)27-8(2)3;17-10-5-15(26)11(18)4-13(10)23-21-9-1-2-12-14(3-9)25-16(24-22-12)8(6-19)7-20-25;1-8-13(18-15(27-8)23-28(2,25)26)21-19-10-3-4-11-12(5-10)24-14(22-20-11)9(6-16)7-17-24/h7-10,28H,5-6H2,1-2,4H3,(H,22,23);5-8,14H,4H2,1-3H3;1-5,7,26H;3-5,7H,1-2H3,(H,18,23). The number of rotatable bonds is 18. The zero-order chi connectivity index (χ0) is 83.1. The molecule has 10 aromatic heterocycles. The number of azo groups is 4. The van der Waals surface area contributed by atoms with E-state index < -0.39 is 55.4 Å². The average Bonchev–Trinajstić information content (AvgIpc) is 1.66. The number of hydrogen-bond donors (Lipinski definition) is 4. The number of ether oxygens (including phenoxy) is 1. The van der Waals surface area contributed by atoms with E-state index in [1.54, 1.807) is 103 Å². The van der Waals surface area contributed by atoms with Gasteiger partial charge in [-0.3, -0.25) is 23.6 Å². The summed E-state index contributed by atoms with van der Waals surface area (Å²) in [6, 6.07) is 24.5. The minimum absolute atomic E-state index is 0.0599. The number of aromatic amines is 1. The van der Waals surface area contributed by atoms with Crippen LogP contribution in [0.15, 0.2) is 150 Å². The van der Waals surface area contributed by atoms with Crippen molar-refractivity contribution < 1.29 is 54.7 Å². The summed E-state index contributed by atoms with van der Waals surface area (Å²) < 4.78 is 91.2. The number of carbonyl (C=O) groups is 3. The number of anilines is 2. The number of aromatic hydroxyl groups is 1. The molecule has 1 unspecified atom stereocenters. The predicted octanol–water partition coefficient (Wildman–Crippen LogP) is 12.6. The molecular formula is C68H53F2N33O10S4. The average molecular weight is 1660 g/mol. The SMILES string of the molecule is CCC1=NOC(=O)C1N=Nc1ccc2nnc3c(C(=O)OC(C)C)snc3c2c1.Cc1sc(NS(C)(=O)=O)nc1N=Nc1ccc2nnc3c(C#N)cnn3c2c1.N#Cc1cnn2c1nnc1ccc(N=Nc3cc(F)c(O)cc3F)cc12.[C-]#[N+]c1[nH]c(N=Nc2ccc3nnc4ncc(C(=O)N(CC)CC)n4c3c2)nc1NS(C)(=O)=O. The van der Waals surface area contributed by atoms with Crippen LogP contribution in [-0.4, -0.2) is 177 Å². The lowest BCUT2D eigenvalue weighted by Crippen LogP contribution is -2.31. The number of benzene rings is 5. The van der Waals surface area contributed by atoms with Crippen molar-refractivity contribution in [1.82, 2.24) is 93.6 Å². The lowest BCUT2D eigenvalue weighted by Gasteiger charge is -2.18. The number of imidazole rings is 2. The Balaban J connectivity index is 0.000000136. The Morgan fingerprint density at radius 3 is 1.91 bits per heavy atom. The lowest BCUT2D eigenvalue weighted by molar-refractivity contribution is -0.141. The number of carbonyl (C=O) groups excluding carboxylic acids is 3. The highest BCUT2D eigenvalue weighted by Crippen LogP contribution is 2.35. The fraction of sp³-hybridized carbons (Fsp3) is 0.191. The van der Waals surface area contributed by atoms with Gasteiger partial charge < -0.3 is 24.4 Å². The van der Waals surface area contributed by atoms with Gasteiger partial charge in [-0.1, -0.05) is 35.1 Å². The molecule has 49 heteroatoms. The molecule has 0 saturated carbocycles. The molecule has 588 valence electrons. The minimum Gasteiger partial charge on any atom is -0.505 e. The number of aromatic nitrogens is 18. The van der Waals surface area contributed by atoms with Crippen LogP contribution in [0.25, 0.3) is 77.0 Å². The van der Waals surface area contributed by atoms with Crippen molar-refractivity contribution >= 4 is 196 Å². The fourth-order valence-electron chi connectivity index (χ4n) is 10.7. The van der Waals surface area contributed by atoms with Crippen LogP contribution in [0.5, 0.6) is 5.75 Å². The number of thiazole rings is 1. The second-order valence-corrected chi connectivity index (χ2v) is 30.1. The number of nitrogens with one attached hydrogen (secondary N) is 3. The number of aryl methyl sites for hydroxylation is 1. The molecule has 0 saturated heterocycles. The van der Waals surface area contributed by atoms with Gasteiger partial charge >= 0.3 is 17.9 Å². The van der Waals surface area contributed by atoms with Gasteiger partial charge in [0.05, 0.1) is 92.6 Å². The zero-order valence-corrected chi connectivity index (χ0v) is 64.8. The Labute approximate surface area is 663 Å². The van der Waals surface area contributed by atoms with Crippen LogP contribution in [0.3, 0.4) is 0 Å². The molecule has 11 heterocycles. The summed E-state index contributed by atoms with van der Waals surface area (Å²) in [5, 5.41) is 105. The molecule has 117 heavy (non-hydrogen) atoms. The van der Waals surface area contributed by atoms with Crippen molar-refractivity contribution in [2.45, 2.75) is 60.1 Å². The van der Waals surface area contributed by atoms with Crippen molar-refractivity contribution in [3.05, 3.63) is 153 Å². The third kappa shape index (κ3) is 17.7. The first-order chi connectivity index (χ1) is 56.1. The van der Waals surface area contributed by atoms with E-state index in [1.165, 1.54) is 39.0 Å². The van der Waals surface area contributed by atoms with Gasteiger partial charge in [-0.05, 0) is 125 Å². The molecule has 1 aliphatic heterocycles. The van der Waals surface area contributed by atoms with E-state index in [0.29, 0.717) is 142 Å². The number of phenols is 1. The number of halogens is 2. The number of esters is 1. The maximum absolute atomic E-state index is 13.7. The van der Waals surface area contributed by atoms with E-state index in [9.17, 15) is 40.0 Å². The number of nitriles is 2. The molecule has 5 aromatic carbocycles. The molecule has 0 bridgehead atoms. The highest BCUT2D eigenvalue weighted by molar-refractivity contribution is 7.92.